The van der Waals surface area contributed by atoms with E-state index in [0.29, 0.717) is 24.4 Å². The third-order valence-corrected chi connectivity index (χ3v) is 5.32. The number of rotatable bonds is 12. The molecule has 0 aliphatic carbocycles. The van der Waals surface area contributed by atoms with Gasteiger partial charge in [-0.3, -0.25) is 9.59 Å². The molecular weight excluding hydrogens is 392 g/mol. The molecule has 2 aromatic heterocycles. The molecule has 2 aromatic rings. The number of fused-ring (bicyclic) bond motifs is 1. The molecule has 0 fully saturated rings. The highest BCUT2D eigenvalue weighted by Gasteiger charge is 2.19. The zero-order valence-corrected chi connectivity index (χ0v) is 19.4. The molecule has 2 N–H and O–H groups in total. The van der Waals surface area contributed by atoms with E-state index in [1.165, 1.54) is 6.33 Å². The second-order valence-corrected chi connectivity index (χ2v) is 7.95. The van der Waals surface area contributed by atoms with Gasteiger partial charge in [0.05, 0.1) is 11.8 Å². The van der Waals surface area contributed by atoms with Crippen molar-refractivity contribution >= 4 is 28.7 Å². The zero-order chi connectivity index (χ0) is 22.8. The Balaban J connectivity index is 2.23. The molecule has 0 spiro atoms. The fourth-order valence-electron chi connectivity index (χ4n) is 3.53. The molecule has 2 heterocycles. The van der Waals surface area contributed by atoms with Crippen LogP contribution in [0.2, 0.25) is 0 Å². The highest BCUT2D eigenvalue weighted by atomic mass is 16.2. The summed E-state index contributed by atoms with van der Waals surface area (Å²) in [7, 11) is 3.64. The van der Waals surface area contributed by atoms with Crippen LogP contribution in [0, 0.1) is 0 Å². The highest BCUT2D eigenvalue weighted by Crippen LogP contribution is 2.25. The van der Waals surface area contributed by atoms with Crippen LogP contribution >= 0.6 is 0 Å². The second-order valence-electron chi connectivity index (χ2n) is 7.95. The predicted octanol–water partition coefficient (Wildman–Crippen LogP) is 3.37. The summed E-state index contributed by atoms with van der Waals surface area (Å²) in [4.78, 5) is 40.3. The third kappa shape index (κ3) is 6.80. The summed E-state index contributed by atoms with van der Waals surface area (Å²) in [5.74, 6) is 0.739. The first-order valence-corrected chi connectivity index (χ1v) is 11.1. The predicted molar refractivity (Wildman–Crippen MR) is 125 cm³/mol. The lowest BCUT2D eigenvalue weighted by Gasteiger charge is -2.25. The molecule has 0 saturated heterocycles. The van der Waals surface area contributed by atoms with Gasteiger partial charge in [0.1, 0.15) is 17.8 Å². The SMILES string of the molecule is C/C=C/C(=O)N(C)CC(CCC)Nc1ncnc2[nH]cc(CC(=O)N(C)CCCC)c12. The maximum absolute atomic E-state index is 12.7. The minimum Gasteiger partial charge on any atom is -0.365 e. The van der Waals surface area contributed by atoms with Gasteiger partial charge in [-0.2, -0.15) is 0 Å². The first-order valence-electron chi connectivity index (χ1n) is 11.1. The molecule has 2 amide bonds. The largest absolute Gasteiger partial charge is 0.365 e. The van der Waals surface area contributed by atoms with E-state index >= 15 is 0 Å². The molecule has 1 unspecified atom stereocenters. The van der Waals surface area contributed by atoms with Crippen LogP contribution in [0.25, 0.3) is 11.0 Å². The van der Waals surface area contributed by atoms with Crippen molar-refractivity contribution in [3.63, 3.8) is 0 Å². The summed E-state index contributed by atoms with van der Waals surface area (Å²) in [5, 5.41) is 4.34. The molecule has 31 heavy (non-hydrogen) atoms. The quantitative estimate of drug-likeness (QED) is 0.506. The van der Waals surface area contributed by atoms with Gasteiger partial charge in [0.25, 0.3) is 0 Å². The number of aromatic amines is 1. The van der Waals surface area contributed by atoms with Gasteiger partial charge in [0, 0.05) is 39.4 Å². The Morgan fingerprint density at radius 3 is 2.65 bits per heavy atom. The summed E-state index contributed by atoms with van der Waals surface area (Å²) in [6, 6.07) is 0.0352. The summed E-state index contributed by atoms with van der Waals surface area (Å²) in [6.07, 6.45) is 10.9. The summed E-state index contributed by atoms with van der Waals surface area (Å²) < 4.78 is 0. The van der Waals surface area contributed by atoms with Crippen molar-refractivity contribution in [3.05, 3.63) is 30.2 Å². The number of hydrogen-bond acceptors (Lipinski definition) is 5. The van der Waals surface area contributed by atoms with Crippen LogP contribution in [0.1, 0.15) is 52.0 Å². The summed E-state index contributed by atoms with van der Waals surface area (Å²) >= 11 is 0. The molecule has 0 aliphatic rings. The number of amides is 2. The molecule has 8 nitrogen and oxygen atoms in total. The van der Waals surface area contributed by atoms with Crippen LogP contribution in [0.3, 0.4) is 0 Å². The maximum Gasteiger partial charge on any atom is 0.246 e. The number of H-pyrrole nitrogens is 1. The van der Waals surface area contributed by atoms with E-state index in [2.05, 4.69) is 34.1 Å². The van der Waals surface area contributed by atoms with Crippen LogP contribution in [0.4, 0.5) is 5.82 Å². The average Bonchev–Trinajstić information content (AvgIpc) is 3.16. The number of nitrogens with zero attached hydrogens (tertiary/aromatic N) is 4. The Morgan fingerprint density at radius 1 is 1.19 bits per heavy atom. The molecule has 0 aromatic carbocycles. The van der Waals surface area contributed by atoms with Crippen molar-refractivity contribution in [1.29, 1.82) is 0 Å². The summed E-state index contributed by atoms with van der Waals surface area (Å²) in [5.41, 5.74) is 1.57. The van der Waals surface area contributed by atoms with E-state index in [4.69, 9.17) is 0 Å². The first-order chi connectivity index (χ1) is 14.9. The fourth-order valence-corrected chi connectivity index (χ4v) is 3.53. The van der Waals surface area contributed by atoms with Crippen molar-refractivity contribution in [2.75, 3.05) is 32.5 Å². The van der Waals surface area contributed by atoms with Gasteiger partial charge < -0.3 is 20.1 Å². The topological polar surface area (TPSA) is 94.2 Å². The molecule has 0 bridgehead atoms. The van der Waals surface area contributed by atoms with Crippen molar-refractivity contribution in [1.82, 2.24) is 24.8 Å². The number of nitrogens with one attached hydrogen (secondary N) is 2. The van der Waals surface area contributed by atoms with Crippen molar-refractivity contribution in [2.24, 2.45) is 0 Å². The van der Waals surface area contributed by atoms with Crippen LogP contribution in [-0.4, -0.2) is 69.8 Å². The van der Waals surface area contributed by atoms with Crippen LogP contribution in [0.15, 0.2) is 24.7 Å². The Labute approximate surface area is 185 Å². The number of unbranched alkanes of at least 4 members (excludes halogenated alkanes) is 1. The van der Waals surface area contributed by atoms with Gasteiger partial charge in [0.15, 0.2) is 0 Å². The van der Waals surface area contributed by atoms with E-state index in [1.807, 2.05) is 20.2 Å². The van der Waals surface area contributed by atoms with Gasteiger partial charge >= 0.3 is 0 Å². The lowest BCUT2D eigenvalue weighted by Crippen LogP contribution is -2.37. The molecule has 2 rings (SSSR count). The van der Waals surface area contributed by atoms with E-state index in [-0.39, 0.29) is 17.9 Å². The monoisotopic (exact) mass is 428 g/mol. The molecule has 8 heteroatoms. The number of hydrogen-bond donors (Lipinski definition) is 2. The Kier molecular flexibility index (Phi) is 9.49. The Hall–Kier alpha value is -2.90. The van der Waals surface area contributed by atoms with Crippen LogP contribution in [0.5, 0.6) is 0 Å². The third-order valence-electron chi connectivity index (χ3n) is 5.32. The van der Waals surface area contributed by atoms with Gasteiger partial charge in [-0.1, -0.05) is 32.8 Å². The minimum absolute atomic E-state index is 0.0266. The number of likely N-dealkylation sites (N-methyl/N-ethyl adjacent to an activating group) is 2. The minimum atomic E-state index is -0.0266. The van der Waals surface area contributed by atoms with Crippen molar-refractivity contribution < 1.29 is 9.59 Å². The number of carbonyl (C=O) groups is 2. The lowest BCUT2D eigenvalue weighted by molar-refractivity contribution is -0.129. The maximum atomic E-state index is 12.7. The fraction of sp³-hybridized carbons (Fsp3) is 0.565. The number of allylic oxidation sites excluding steroid dienone is 1. The highest BCUT2D eigenvalue weighted by molar-refractivity contribution is 5.94. The molecule has 0 radical (unpaired) electrons. The summed E-state index contributed by atoms with van der Waals surface area (Å²) in [6.45, 7) is 7.37. The normalized spacial score (nSPS) is 12.3. The van der Waals surface area contributed by atoms with E-state index in [9.17, 15) is 9.59 Å². The first kappa shape index (κ1) is 24.4. The lowest BCUT2D eigenvalue weighted by atomic mass is 10.1. The van der Waals surface area contributed by atoms with Gasteiger partial charge in [-0.25, -0.2) is 9.97 Å². The average molecular weight is 429 g/mol. The van der Waals surface area contributed by atoms with Crippen molar-refractivity contribution in [3.8, 4) is 0 Å². The number of anilines is 1. The molecule has 0 aliphatic heterocycles. The number of carbonyl (C=O) groups excluding carboxylic acids is 2. The van der Waals surface area contributed by atoms with Crippen LogP contribution in [-0.2, 0) is 16.0 Å². The van der Waals surface area contributed by atoms with Gasteiger partial charge in [0.2, 0.25) is 11.8 Å². The van der Waals surface area contributed by atoms with Gasteiger partial charge in [-0.15, -0.1) is 0 Å². The smallest absolute Gasteiger partial charge is 0.246 e. The molecule has 0 saturated carbocycles. The van der Waals surface area contributed by atoms with Crippen LogP contribution < -0.4 is 5.32 Å². The molecule has 1 atom stereocenters. The Morgan fingerprint density at radius 2 is 1.97 bits per heavy atom. The van der Waals surface area contributed by atoms with Gasteiger partial charge in [-0.05, 0) is 31.4 Å². The molecule has 170 valence electrons. The standard InChI is InChI=1S/C23H36N6O2/c1-6-9-12-28(4)20(31)13-17-14-24-22-21(17)23(26-16-25-22)27-18(10-7-2)15-29(5)19(30)11-8-3/h8,11,14,16,18H,6-7,9-10,12-13,15H2,1-5H3,(H2,24,25,26,27)/b11-8+. The zero-order valence-electron chi connectivity index (χ0n) is 19.4. The van der Waals surface area contributed by atoms with Crippen molar-refractivity contribution in [2.45, 2.75) is 58.9 Å². The van der Waals surface area contributed by atoms with E-state index in [0.717, 1.165) is 43.2 Å². The van der Waals surface area contributed by atoms with E-state index < -0.39 is 0 Å². The molecular formula is C23H36N6O2. The Bertz CT molecular complexity index is 891. The second kappa shape index (κ2) is 12.1. The van der Waals surface area contributed by atoms with E-state index in [1.54, 1.807) is 29.0 Å². The number of aromatic nitrogens is 3.